The van der Waals surface area contributed by atoms with Gasteiger partial charge in [0.1, 0.15) is 5.97 Å². The van der Waals surface area contributed by atoms with Gasteiger partial charge in [-0.1, -0.05) is 0 Å². The van der Waals surface area contributed by atoms with Gasteiger partial charge in [0, 0.05) is 15.9 Å². The van der Waals surface area contributed by atoms with Crippen LogP contribution in [-0.4, -0.2) is 5.97 Å². The molecule has 0 fully saturated rings. The van der Waals surface area contributed by atoms with Gasteiger partial charge in [0.05, 0.1) is 0 Å². The summed E-state index contributed by atoms with van der Waals surface area (Å²) in [6.45, 7) is 0. The Balaban J connectivity index is 0. The largest absolute Gasteiger partial charge is 1.00 e. The van der Waals surface area contributed by atoms with Crippen LogP contribution in [0.2, 0.25) is 0 Å². The number of rotatable bonds is 0. The van der Waals surface area contributed by atoms with Crippen LogP contribution in [0.15, 0.2) is 0 Å². The van der Waals surface area contributed by atoms with E-state index in [1.165, 1.54) is 0 Å². The molecule has 0 N–H and O–H groups in total. The van der Waals surface area contributed by atoms with Crippen molar-refractivity contribution in [3.8, 4) is 10.8 Å². The van der Waals surface area contributed by atoms with E-state index in [2.05, 4.69) is 15.9 Å². The first-order valence-electron chi connectivity index (χ1n) is 1.10. The molecule has 0 aromatic rings. The van der Waals surface area contributed by atoms with Gasteiger partial charge in [-0.2, -0.15) is 0 Å². The van der Waals surface area contributed by atoms with E-state index in [0.717, 1.165) is 0 Å². The molecule has 0 heterocycles. The van der Waals surface area contributed by atoms with Crippen LogP contribution in [0.1, 0.15) is 0 Å². The molecule has 0 aromatic heterocycles. The minimum atomic E-state index is -1.37. The summed E-state index contributed by atoms with van der Waals surface area (Å²) in [4.78, 5) is 11.3. The SMILES string of the molecule is O=C([O-])C#CBr.[K+]. The van der Waals surface area contributed by atoms with Gasteiger partial charge >= 0.3 is 51.4 Å². The molecule has 0 rings (SSSR count). The van der Waals surface area contributed by atoms with E-state index in [4.69, 9.17) is 0 Å². The molecule has 0 aliphatic rings. The molecule has 0 aromatic carbocycles. The third kappa shape index (κ3) is 11.0. The number of hydrogen-bond donors (Lipinski definition) is 0. The second-order valence-corrected chi connectivity index (χ2v) is 0.903. The Kier molecular flexibility index (Phi) is 11.2. The number of hydrogen-bond acceptors (Lipinski definition) is 2. The average Bonchev–Trinajstić information content (AvgIpc) is 1.35. The number of carbonyl (C=O) groups is 1. The van der Waals surface area contributed by atoms with Crippen molar-refractivity contribution in [3.05, 3.63) is 0 Å². The van der Waals surface area contributed by atoms with Crippen molar-refractivity contribution in [2.24, 2.45) is 0 Å². The summed E-state index contributed by atoms with van der Waals surface area (Å²) in [7, 11) is 0. The van der Waals surface area contributed by atoms with E-state index in [-0.39, 0.29) is 51.4 Å². The van der Waals surface area contributed by atoms with Crippen LogP contribution in [0.25, 0.3) is 0 Å². The fourth-order valence-electron chi connectivity index (χ4n) is 0.0386. The maximum absolute atomic E-state index is 9.28. The second-order valence-electron chi connectivity index (χ2n) is 0.507. The second kappa shape index (κ2) is 7.15. The zero-order chi connectivity index (χ0) is 4.99. The number of halogens is 1. The van der Waals surface area contributed by atoms with Crippen molar-refractivity contribution in [1.29, 1.82) is 0 Å². The van der Waals surface area contributed by atoms with Crippen LogP contribution in [0.4, 0.5) is 0 Å². The number of carboxylic acid groups (broad SMARTS) is 1. The molecule has 0 atom stereocenters. The summed E-state index contributed by atoms with van der Waals surface area (Å²) >= 11 is 2.57. The molecule has 0 saturated carbocycles. The van der Waals surface area contributed by atoms with Gasteiger partial charge in [0.15, 0.2) is 0 Å². The Hall–Kier alpha value is 1.15. The Labute approximate surface area is 92.2 Å². The Morgan fingerprint density at radius 1 is 1.71 bits per heavy atom. The van der Waals surface area contributed by atoms with Gasteiger partial charge < -0.3 is 9.90 Å². The molecule has 0 amide bonds. The van der Waals surface area contributed by atoms with E-state index in [9.17, 15) is 9.90 Å². The fraction of sp³-hybridized carbons (Fsp3) is 0. The van der Waals surface area contributed by atoms with Crippen molar-refractivity contribution in [1.82, 2.24) is 0 Å². The first kappa shape index (κ1) is 11.0. The number of carbonyl (C=O) groups excluding carboxylic acids is 1. The van der Waals surface area contributed by atoms with Crippen LogP contribution in [0, 0.1) is 10.8 Å². The normalized spacial score (nSPS) is 4.71. The van der Waals surface area contributed by atoms with Crippen LogP contribution < -0.4 is 56.5 Å². The topological polar surface area (TPSA) is 40.1 Å². The third-order valence-electron chi connectivity index (χ3n) is 0.149. The molecule has 0 aliphatic carbocycles. The number of carboxylic acids is 1. The average molecular weight is 187 g/mol. The van der Waals surface area contributed by atoms with Crippen molar-refractivity contribution >= 4 is 21.9 Å². The molecule has 32 valence electrons. The zero-order valence-electron chi connectivity index (χ0n) is 3.69. The first-order chi connectivity index (χ1) is 2.77. The maximum Gasteiger partial charge on any atom is 1.00 e. The minimum absolute atomic E-state index is 0. The summed E-state index contributed by atoms with van der Waals surface area (Å²) in [6, 6.07) is 0. The molecule has 7 heavy (non-hydrogen) atoms. The van der Waals surface area contributed by atoms with Crippen LogP contribution >= 0.6 is 15.9 Å². The van der Waals surface area contributed by atoms with Crippen LogP contribution in [0.5, 0.6) is 0 Å². The van der Waals surface area contributed by atoms with Gasteiger partial charge in [-0.15, -0.1) is 0 Å². The van der Waals surface area contributed by atoms with Gasteiger partial charge in [-0.05, 0) is 10.8 Å². The summed E-state index contributed by atoms with van der Waals surface area (Å²) < 4.78 is 0. The van der Waals surface area contributed by atoms with Crippen molar-refractivity contribution in [3.63, 3.8) is 0 Å². The van der Waals surface area contributed by atoms with E-state index < -0.39 is 5.97 Å². The monoisotopic (exact) mass is 186 g/mol. The Bertz CT molecular complexity index is 112. The van der Waals surface area contributed by atoms with E-state index >= 15 is 0 Å². The number of aliphatic carboxylic acids is 1. The quantitative estimate of drug-likeness (QED) is 0.287. The Morgan fingerprint density at radius 3 is 2.14 bits per heavy atom. The predicted octanol–water partition coefficient (Wildman–Crippen LogP) is -3.90. The van der Waals surface area contributed by atoms with Crippen molar-refractivity contribution < 1.29 is 61.3 Å². The summed E-state index contributed by atoms with van der Waals surface area (Å²) in [6.07, 6.45) is 0. The summed E-state index contributed by atoms with van der Waals surface area (Å²) in [5, 5.41) is 9.28. The molecular weight excluding hydrogens is 187 g/mol. The molecule has 4 heteroatoms. The van der Waals surface area contributed by atoms with Gasteiger partial charge in [0.2, 0.25) is 0 Å². The Morgan fingerprint density at radius 2 is 2.14 bits per heavy atom. The van der Waals surface area contributed by atoms with E-state index in [1.807, 2.05) is 4.83 Å². The van der Waals surface area contributed by atoms with Crippen LogP contribution in [0.3, 0.4) is 0 Å². The third-order valence-corrected chi connectivity index (χ3v) is 0.348. The smallest absolute Gasteiger partial charge is 0.537 e. The van der Waals surface area contributed by atoms with Gasteiger partial charge in [-0.3, -0.25) is 0 Å². The molecule has 0 radical (unpaired) electrons. The molecule has 0 spiro atoms. The van der Waals surface area contributed by atoms with E-state index in [1.54, 1.807) is 5.92 Å². The van der Waals surface area contributed by atoms with Crippen molar-refractivity contribution in [2.45, 2.75) is 0 Å². The molecular formula is C3BrKO2. The van der Waals surface area contributed by atoms with Gasteiger partial charge in [-0.25, -0.2) is 0 Å². The molecule has 2 nitrogen and oxygen atoms in total. The standard InChI is InChI=1S/C3HBrO2.K/c4-2-1-3(5)6;/h(H,5,6);/q;+1/p-1. The summed E-state index contributed by atoms with van der Waals surface area (Å²) in [5.74, 6) is 0.312. The van der Waals surface area contributed by atoms with Crippen molar-refractivity contribution in [2.75, 3.05) is 0 Å². The predicted molar refractivity (Wildman–Crippen MR) is 21.7 cm³/mol. The first-order valence-corrected chi connectivity index (χ1v) is 1.89. The molecule has 0 unspecified atom stereocenters. The molecule has 0 aliphatic heterocycles. The molecule has 0 saturated heterocycles. The molecule has 0 bridgehead atoms. The maximum atomic E-state index is 9.28. The summed E-state index contributed by atoms with van der Waals surface area (Å²) in [5.41, 5.74) is 0. The zero-order valence-corrected chi connectivity index (χ0v) is 8.40. The van der Waals surface area contributed by atoms with E-state index in [0.29, 0.717) is 0 Å². The fourth-order valence-corrected chi connectivity index (χ4v) is 0.200. The minimum Gasteiger partial charge on any atom is -0.537 e. The van der Waals surface area contributed by atoms with Gasteiger partial charge in [0.25, 0.3) is 0 Å². The van der Waals surface area contributed by atoms with Crippen LogP contribution in [-0.2, 0) is 4.79 Å².